The second-order valence-electron chi connectivity index (χ2n) is 5.18. The van der Waals surface area contributed by atoms with Crippen molar-refractivity contribution in [2.24, 2.45) is 0 Å². The Balaban J connectivity index is 2.47. The fraction of sp³-hybridized carbons (Fsp3) is 0.158. The average molecular weight is 326 g/mol. The zero-order valence-corrected chi connectivity index (χ0v) is 13.7. The third-order valence-corrected chi connectivity index (χ3v) is 4.16. The van der Waals surface area contributed by atoms with Gasteiger partial charge in [-0.05, 0) is 17.5 Å². The van der Waals surface area contributed by atoms with Gasteiger partial charge in [0.05, 0.1) is 12.6 Å². The summed E-state index contributed by atoms with van der Waals surface area (Å²) in [5, 5.41) is 1.07. The molecule has 0 amide bonds. The van der Waals surface area contributed by atoms with Crippen LogP contribution in [0.2, 0.25) is 5.15 Å². The number of halogens is 1. The van der Waals surface area contributed by atoms with Gasteiger partial charge >= 0.3 is 5.97 Å². The SMILES string of the molecule is CCc1cccc2c(-c3ccccc3)c(C(=O)OC)c(Cl)nc12. The Kier molecular flexibility index (Phi) is 4.30. The summed E-state index contributed by atoms with van der Waals surface area (Å²) in [6.07, 6.45) is 0.840. The summed E-state index contributed by atoms with van der Waals surface area (Å²) in [6, 6.07) is 15.7. The standard InChI is InChI=1S/C19H16ClNO2/c1-3-12-10-7-11-14-15(13-8-5-4-6-9-13)16(19(22)23-2)18(20)21-17(12)14/h4-11H,3H2,1-2H3. The molecule has 3 aromatic rings. The molecule has 0 N–H and O–H groups in total. The highest BCUT2D eigenvalue weighted by atomic mass is 35.5. The largest absolute Gasteiger partial charge is 0.465 e. The number of aryl methyl sites for hydroxylation is 1. The molecule has 2 aromatic carbocycles. The zero-order chi connectivity index (χ0) is 16.4. The van der Waals surface area contributed by atoms with Crippen molar-refractivity contribution >= 4 is 28.5 Å². The second-order valence-corrected chi connectivity index (χ2v) is 5.54. The number of benzene rings is 2. The molecular weight excluding hydrogens is 310 g/mol. The molecule has 0 aliphatic carbocycles. The topological polar surface area (TPSA) is 39.2 Å². The molecule has 4 heteroatoms. The number of pyridine rings is 1. The minimum atomic E-state index is -0.481. The molecule has 1 heterocycles. The number of methoxy groups -OCH3 is 1. The third kappa shape index (κ3) is 2.68. The van der Waals surface area contributed by atoms with E-state index in [1.165, 1.54) is 7.11 Å². The van der Waals surface area contributed by atoms with Crippen molar-refractivity contribution in [1.29, 1.82) is 0 Å². The molecule has 3 nitrogen and oxygen atoms in total. The van der Waals surface area contributed by atoms with Gasteiger partial charge in [0.1, 0.15) is 10.7 Å². The molecule has 0 atom stereocenters. The molecular formula is C19H16ClNO2. The maximum absolute atomic E-state index is 12.3. The van der Waals surface area contributed by atoms with E-state index in [0.29, 0.717) is 5.56 Å². The number of carbonyl (C=O) groups excluding carboxylic acids is 1. The van der Waals surface area contributed by atoms with Crippen molar-refractivity contribution in [3.05, 3.63) is 64.8 Å². The maximum Gasteiger partial charge on any atom is 0.341 e. The van der Waals surface area contributed by atoms with Gasteiger partial charge in [0, 0.05) is 10.9 Å². The Morgan fingerprint density at radius 2 is 1.87 bits per heavy atom. The number of esters is 1. The molecule has 0 spiro atoms. The highest BCUT2D eigenvalue weighted by Crippen LogP contribution is 2.36. The molecule has 0 saturated heterocycles. The molecule has 0 radical (unpaired) electrons. The lowest BCUT2D eigenvalue weighted by Crippen LogP contribution is -2.07. The van der Waals surface area contributed by atoms with E-state index in [4.69, 9.17) is 16.3 Å². The third-order valence-electron chi connectivity index (χ3n) is 3.89. The normalized spacial score (nSPS) is 10.7. The molecule has 0 fully saturated rings. The van der Waals surface area contributed by atoms with Crippen LogP contribution < -0.4 is 0 Å². The lowest BCUT2D eigenvalue weighted by Gasteiger charge is -2.15. The Morgan fingerprint density at radius 3 is 2.52 bits per heavy atom. The van der Waals surface area contributed by atoms with Crippen molar-refractivity contribution in [2.75, 3.05) is 7.11 Å². The first-order valence-corrected chi connectivity index (χ1v) is 7.80. The number of ether oxygens (including phenoxy) is 1. The van der Waals surface area contributed by atoms with Gasteiger partial charge in [0.2, 0.25) is 0 Å². The van der Waals surface area contributed by atoms with Crippen molar-refractivity contribution in [2.45, 2.75) is 13.3 Å². The lowest BCUT2D eigenvalue weighted by molar-refractivity contribution is 0.0601. The molecule has 0 unspecified atom stereocenters. The first-order chi connectivity index (χ1) is 11.2. The first-order valence-electron chi connectivity index (χ1n) is 7.42. The van der Waals surface area contributed by atoms with Crippen LogP contribution in [0.5, 0.6) is 0 Å². The molecule has 23 heavy (non-hydrogen) atoms. The van der Waals surface area contributed by atoms with Gasteiger partial charge < -0.3 is 4.74 Å². The summed E-state index contributed by atoms with van der Waals surface area (Å²) in [5.74, 6) is -0.481. The Morgan fingerprint density at radius 1 is 1.13 bits per heavy atom. The van der Waals surface area contributed by atoms with E-state index in [9.17, 15) is 4.79 Å². The van der Waals surface area contributed by atoms with Crippen LogP contribution in [0.1, 0.15) is 22.8 Å². The van der Waals surface area contributed by atoms with Gasteiger partial charge in [0.15, 0.2) is 0 Å². The number of hydrogen-bond donors (Lipinski definition) is 0. The molecule has 116 valence electrons. The van der Waals surface area contributed by atoms with Crippen LogP contribution in [0.3, 0.4) is 0 Å². The van der Waals surface area contributed by atoms with E-state index in [2.05, 4.69) is 11.9 Å². The van der Waals surface area contributed by atoms with E-state index in [1.807, 2.05) is 48.5 Å². The summed E-state index contributed by atoms with van der Waals surface area (Å²) < 4.78 is 4.92. The number of hydrogen-bond acceptors (Lipinski definition) is 3. The van der Waals surface area contributed by atoms with Gasteiger partial charge in [0.25, 0.3) is 0 Å². The van der Waals surface area contributed by atoms with Crippen LogP contribution in [0.25, 0.3) is 22.0 Å². The van der Waals surface area contributed by atoms with Crippen LogP contribution in [0.4, 0.5) is 0 Å². The number of aromatic nitrogens is 1. The molecule has 0 aliphatic heterocycles. The van der Waals surface area contributed by atoms with Crippen molar-refractivity contribution in [1.82, 2.24) is 4.98 Å². The predicted octanol–water partition coefficient (Wildman–Crippen LogP) is 4.90. The summed E-state index contributed by atoms with van der Waals surface area (Å²) >= 11 is 6.35. The lowest BCUT2D eigenvalue weighted by atomic mass is 9.94. The molecule has 0 aliphatic rings. The van der Waals surface area contributed by atoms with Crippen molar-refractivity contribution in [3.8, 4) is 11.1 Å². The van der Waals surface area contributed by atoms with E-state index < -0.39 is 5.97 Å². The number of para-hydroxylation sites is 1. The van der Waals surface area contributed by atoms with Crippen LogP contribution in [-0.2, 0) is 11.2 Å². The van der Waals surface area contributed by atoms with E-state index in [1.54, 1.807) is 0 Å². The molecule has 3 rings (SSSR count). The molecule has 0 saturated carbocycles. The van der Waals surface area contributed by atoms with Crippen molar-refractivity contribution < 1.29 is 9.53 Å². The minimum absolute atomic E-state index is 0.170. The van der Waals surface area contributed by atoms with Gasteiger partial charge in [-0.3, -0.25) is 0 Å². The van der Waals surface area contributed by atoms with E-state index in [-0.39, 0.29) is 5.15 Å². The minimum Gasteiger partial charge on any atom is -0.465 e. The summed E-state index contributed by atoms with van der Waals surface area (Å²) in [5.41, 5.74) is 3.91. The Hall–Kier alpha value is -2.39. The van der Waals surface area contributed by atoms with Gasteiger partial charge in [-0.2, -0.15) is 0 Å². The predicted molar refractivity (Wildman–Crippen MR) is 92.9 cm³/mol. The van der Waals surface area contributed by atoms with Crippen molar-refractivity contribution in [3.63, 3.8) is 0 Å². The van der Waals surface area contributed by atoms with E-state index in [0.717, 1.165) is 34.0 Å². The molecule has 0 bridgehead atoms. The van der Waals surface area contributed by atoms with Gasteiger partial charge in [-0.1, -0.05) is 67.1 Å². The van der Waals surface area contributed by atoms with Crippen LogP contribution in [0.15, 0.2) is 48.5 Å². The fourth-order valence-corrected chi connectivity index (χ4v) is 3.05. The monoisotopic (exact) mass is 325 g/mol. The maximum atomic E-state index is 12.3. The van der Waals surface area contributed by atoms with E-state index >= 15 is 0 Å². The summed E-state index contributed by atoms with van der Waals surface area (Å²) in [7, 11) is 1.35. The average Bonchev–Trinajstić information content (AvgIpc) is 2.60. The zero-order valence-electron chi connectivity index (χ0n) is 13.0. The second kappa shape index (κ2) is 6.39. The van der Waals surface area contributed by atoms with Crippen LogP contribution in [-0.4, -0.2) is 18.1 Å². The number of rotatable bonds is 3. The number of nitrogens with zero attached hydrogens (tertiary/aromatic N) is 1. The fourth-order valence-electron chi connectivity index (χ4n) is 2.80. The highest BCUT2D eigenvalue weighted by Gasteiger charge is 2.22. The smallest absolute Gasteiger partial charge is 0.341 e. The quantitative estimate of drug-likeness (QED) is 0.507. The number of fused-ring (bicyclic) bond motifs is 1. The number of carbonyl (C=O) groups is 1. The summed E-state index contributed by atoms with van der Waals surface area (Å²) in [6.45, 7) is 2.07. The first kappa shape index (κ1) is 15.5. The highest BCUT2D eigenvalue weighted by molar-refractivity contribution is 6.34. The Labute approximate surface area is 139 Å². The van der Waals surface area contributed by atoms with Gasteiger partial charge in [-0.15, -0.1) is 0 Å². The van der Waals surface area contributed by atoms with Gasteiger partial charge in [-0.25, -0.2) is 9.78 Å². The Bertz CT molecular complexity index is 875. The van der Waals surface area contributed by atoms with Crippen LogP contribution >= 0.6 is 11.6 Å². The molecule has 1 aromatic heterocycles. The summed E-state index contributed by atoms with van der Waals surface area (Å²) in [4.78, 5) is 16.7. The van der Waals surface area contributed by atoms with Crippen LogP contribution in [0, 0.1) is 0 Å².